The van der Waals surface area contributed by atoms with Gasteiger partial charge in [0.15, 0.2) is 0 Å². The number of hydrogen-bond donors (Lipinski definition) is 2. The number of rotatable bonds is 2. The summed E-state index contributed by atoms with van der Waals surface area (Å²) in [7, 11) is -3.75. The number of nitrogens with zero attached hydrogens (tertiary/aromatic N) is 1. The molecule has 3 rings (SSSR count). The highest BCUT2D eigenvalue weighted by atomic mass is 79.9. The fourth-order valence-corrected chi connectivity index (χ4v) is 4.80. The van der Waals surface area contributed by atoms with Crippen molar-refractivity contribution in [3.05, 3.63) is 53.3 Å². The van der Waals surface area contributed by atoms with Crippen molar-refractivity contribution in [3.8, 4) is 0 Å². The van der Waals surface area contributed by atoms with E-state index in [2.05, 4.69) is 20.9 Å². The average Bonchev–Trinajstić information content (AvgIpc) is 2.50. The zero-order valence-corrected chi connectivity index (χ0v) is 13.7. The van der Waals surface area contributed by atoms with Crippen molar-refractivity contribution in [1.29, 1.82) is 0 Å². The maximum absolute atomic E-state index is 13.0. The summed E-state index contributed by atoms with van der Waals surface area (Å²) in [4.78, 5) is 4.30. The van der Waals surface area contributed by atoms with Crippen LogP contribution in [0.25, 0.3) is 10.8 Å². The first-order valence-electron chi connectivity index (χ1n) is 6.33. The SMILES string of the molecule is Nc1cc(Br)c(S(=O)(=O)c2cccc3cnccc23)cc1N. The van der Waals surface area contributed by atoms with Gasteiger partial charge < -0.3 is 11.5 Å². The number of fused-ring (bicyclic) bond motifs is 1. The number of nitrogen functional groups attached to an aromatic ring is 2. The highest BCUT2D eigenvalue weighted by Crippen LogP contribution is 2.35. The first-order chi connectivity index (χ1) is 10.4. The van der Waals surface area contributed by atoms with Crippen LogP contribution in [0.3, 0.4) is 0 Å². The van der Waals surface area contributed by atoms with E-state index in [-0.39, 0.29) is 15.5 Å². The quantitative estimate of drug-likeness (QED) is 0.668. The van der Waals surface area contributed by atoms with Gasteiger partial charge in [0.05, 0.1) is 21.2 Å². The predicted molar refractivity (Wildman–Crippen MR) is 90.2 cm³/mol. The number of hydrogen-bond acceptors (Lipinski definition) is 5. The van der Waals surface area contributed by atoms with E-state index in [1.54, 1.807) is 30.6 Å². The molecule has 0 aliphatic heterocycles. The summed E-state index contributed by atoms with van der Waals surface area (Å²) in [6, 6.07) is 9.61. The van der Waals surface area contributed by atoms with Crippen LogP contribution >= 0.6 is 15.9 Å². The largest absolute Gasteiger partial charge is 0.397 e. The number of aromatic nitrogens is 1. The summed E-state index contributed by atoms with van der Waals surface area (Å²) in [5.74, 6) is 0. The molecule has 0 fully saturated rings. The van der Waals surface area contributed by atoms with Crippen molar-refractivity contribution in [1.82, 2.24) is 4.98 Å². The van der Waals surface area contributed by atoms with Crippen molar-refractivity contribution in [2.75, 3.05) is 11.5 Å². The lowest BCUT2D eigenvalue weighted by molar-refractivity contribution is 0.596. The van der Waals surface area contributed by atoms with Gasteiger partial charge in [0.25, 0.3) is 0 Å². The molecule has 7 heteroatoms. The van der Waals surface area contributed by atoms with Crippen LogP contribution in [0, 0.1) is 0 Å². The van der Waals surface area contributed by atoms with Crippen LogP contribution in [-0.4, -0.2) is 13.4 Å². The van der Waals surface area contributed by atoms with E-state index >= 15 is 0 Å². The maximum Gasteiger partial charge on any atom is 0.208 e. The second kappa shape index (κ2) is 5.26. The first-order valence-corrected chi connectivity index (χ1v) is 8.61. The summed E-state index contributed by atoms with van der Waals surface area (Å²) in [6.07, 6.45) is 3.19. The number of pyridine rings is 1. The maximum atomic E-state index is 13.0. The van der Waals surface area contributed by atoms with Gasteiger partial charge in [-0.1, -0.05) is 12.1 Å². The topological polar surface area (TPSA) is 99.1 Å². The molecule has 0 radical (unpaired) electrons. The Kier molecular flexibility index (Phi) is 3.54. The van der Waals surface area contributed by atoms with Crippen molar-refractivity contribution < 1.29 is 8.42 Å². The molecule has 4 N–H and O–H groups in total. The molecule has 0 saturated carbocycles. The first kappa shape index (κ1) is 14.8. The zero-order chi connectivity index (χ0) is 15.9. The lowest BCUT2D eigenvalue weighted by atomic mass is 10.2. The second-order valence-corrected chi connectivity index (χ2v) is 7.51. The fourth-order valence-electron chi connectivity index (χ4n) is 2.24. The highest BCUT2D eigenvalue weighted by Gasteiger charge is 2.23. The number of anilines is 2. The summed E-state index contributed by atoms with van der Waals surface area (Å²) < 4.78 is 26.4. The Labute approximate surface area is 136 Å². The van der Waals surface area contributed by atoms with Crippen molar-refractivity contribution in [2.45, 2.75) is 9.79 Å². The van der Waals surface area contributed by atoms with Crippen LogP contribution in [0.5, 0.6) is 0 Å². The van der Waals surface area contributed by atoms with Crippen molar-refractivity contribution in [3.63, 3.8) is 0 Å². The zero-order valence-electron chi connectivity index (χ0n) is 11.3. The Morgan fingerprint density at radius 1 is 1.00 bits per heavy atom. The number of nitrogens with two attached hydrogens (primary N) is 2. The third kappa shape index (κ3) is 2.32. The number of benzene rings is 2. The van der Waals surface area contributed by atoms with Crippen molar-refractivity contribution >= 4 is 47.9 Å². The van der Waals surface area contributed by atoms with Gasteiger partial charge in [-0.05, 0) is 40.2 Å². The Hall–Kier alpha value is -2.12. The average molecular weight is 378 g/mol. The van der Waals surface area contributed by atoms with Crippen LogP contribution in [-0.2, 0) is 9.84 Å². The third-order valence-electron chi connectivity index (χ3n) is 3.36. The lowest BCUT2D eigenvalue weighted by Gasteiger charge is -2.11. The molecule has 2 aromatic carbocycles. The van der Waals surface area contributed by atoms with Gasteiger partial charge in [-0.2, -0.15) is 0 Å². The molecule has 3 aromatic rings. The van der Waals surface area contributed by atoms with Crippen LogP contribution in [0.15, 0.2) is 63.1 Å². The molecule has 22 heavy (non-hydrogen) atoms. The fraction of sp³-hybridized carbons (Fsp3) is 0. The molecule has 0 saturated heterocycles. The Morgan fingerprint density at radius 2 is 1.73 bits per heavy atom. The monoisotopic (exact) mass is 377 g/mol. The van der Waals surface area contributed by atoms with E-state index < -0.39 is 9.84 Å². The molecule has 0 bridgehead atoms. The predicted octanol–water partition coefficient (Wildman–Crippen LogP) is 2.99. The normalized spacial score (nSPS) is 11.7. The Balaban J connectivity index is 2.32. The summed E-state index contributed by atoms with van der Waals surface area (Å²) >= 11 is 3.25. The molecule has 112 valence electrons. The summed E-state index contributed by atoms with van der Waals surface area (Å²) in [5.41, 5.74) is 12.0. The Morgan fingerprint density at radius 3 is 2.50 bits per heavy atom. The lowest BCUT2D eigenvalue weighted by Crippen LogP contribution is -2.06. The minimum absolute atomic E-state index is 0.0866. The standard InChI is InChI=1S/C15H12BrN3O2S/c16-11-6-12(17)13(18)7-15(11)22(20,21)14-3-1-2-9-8-19-5-4-10(9)14/h1-8H,17-18H2. The van der Waals surface area contributed by atoms with Gasteiger partial charge in [-0.15, -0.1) is 0 Å². The summed E-state index contributed by atoms with van der Waals surface area (Å²) in [6.45, 7) is 0. The molecule has 1 aromatic heterocycles. The molecule has 5 nitrogen and oxygen atoms in total. The van der Waals surface area contributed by atoms with Gasteiger partial charge in [0.2, 0.25) is 9.84 Å². The second-order valence-electron chi connectivity index (χ2n) is 4.77. The van der Waals surface area contributed by atoms with Gasteiger partial charge >= 0.3 is 0 Å². The van der Waals surface area contributed by atoms with E-state index in [1.807, 2.05) is 6.07 Å². The van der Waals surface area contributed by atoms with Crippen LogP contribution in [0.2, 0.25) is 0 Å². The van der Waals surface area contributed by atoms with Gasteiger partial charge in [0, 0.05) is 27.6 Å². The van der Waals surface area contributed by atoms with E-state index in [1.165, 1.54) is 12.1 Å². The Bertz CT molecular complexity index is 982. The summed E-state index contributed by atoms with van der Waals surface area (Å²) in [5, 5.41) is 1.36. The minimum atomic E-state index is -3.75. The molecule has 0 aliphatic carbocycles. The molecular weight excluding hydrogens is 366 g/mol. The molecule has 0 unspecified atom stereocenters. The molecule has 0 aliphatic rings. The molecule has 0 atom stereocenters. The smallest absolute Gasteiger partial charge is 0.208 e. The molecule has 1 heterocycles. The molecular formula is C15H12BrN3O2S. The van der Waals surface area contributed by atoms with Crippen molar-refractivity contribution in [2.24, 2.45) is 0 Å². The molecule has 0 amide bonds. The van der Waals surface area contributed by atoms with Crippen LogP contribution in [0.4, 0.5) is 11.4 Å². The van der Waals surface area contributed by atoms with E-state index in [4.69, 9.17) is 11.5 Å². The van der Waals surface area contributed by atoms with Gasteiger partial charge in [0.1, 0.15) is 0 Å². The van der Waals surface area contributed by atoms with Gasteiger partial charge in [-0.25, -0.2) is 8.42 Å². The van der Waals surface area contributed by atoms with E-state index in [9.17, 15) is 8.42 Å². The van der Waals surface area contributed by atoms with Crippen LogP contribution < -0.4 is 11.5 Å². The third-order valence-corrected chi connectivity index (χ3v) is 6.13. The minimum Gasteiger partial charge on any atom is -0.397 e. The van der Waals surface area contributed by atoms with E-state index in [0.29, 0.717) is 15.5 Å². The number of halogens is 1. The number of sulfone groups is 1. The molecule has 0 spiro atoms. The highest BCUT2D eigenvalue weighted by molar-refractivity contribution is 9.10. The van der Waals surface area contributed by atoms with Crippen LogP contribution in [0.1, 0.15) is 0 Å². The van der Waals surface area contributed by atoms with Gasteiger partial charge in [-0.3, -0.25) is 4.98 Å². The van der Waals surface area contributed by atoms with E-state index in [0.717, 1.165) is 5.39 Å².